The molecule has 0 bridgehead atoms. The Balaban J connectivity index is 2.19. The molecule has 3 rings (SSSR count). The third kappa shape index (κ3) is 3.40. The number of piperidine rings is 1. The van der Waals surface area contributed by atoms with E-state index >= 15 is 0 Å². The van der Waals surface area contributed by atoms with Gasteiger partial charge in [-0.3, -0.25) is 4.90 Å². The number of fused-ring (bicyclic) bond motifs is 3. The molecule has 1 N–H and O–H groups in total. The Morgan fingerprint density at radius 1 is 1.46 bits per heavy atom. The quantitative estimate of drug-likeness (QED) is 0.910. The van der Waals surface area contributed by atoms with Gasteiger partial charge < -0.3 is 14.6 Å². The van der Waals surface area contributed by atoms with Crippen molar-refractivity contribution in [3.63, 3.8) is 0 Å². The summed E-state index contributed by atoms with van der Waals surface area (Å²) >= 11 is 0. The van der Waals surface area contributed by atoms with E-state index in [9.17, 15) is 6.48 Å². The van der Waals surface area contributed by atoms with Gasteiger partial charge in [0.25, 0.3) is 0 Å². The zero-order chi connectivity index (χ0) is 29.5. The third-order valence-electron chi connectivity index (χ3n) is 4.27. The van der Waals surface area contributed by atoms with Crippen LogP contribution in [0.4, 0.5) is 0 Å². The number of rotatable bonds is 3. The molecule has 1 saturated heterocycles. The average molecular weight is 348 g/mol. The van der Waals surface area contributed by atoms with Gasteiger partial charge in [0.1, 0.15) is 0 Å². The van der Waals surface area contributed by atoms with Crippen LogP contribution >= 0.6 is 0 Å². The summed E-state index contributed by atoms with van der Waals surface area (Å²) in [4.78, 5) is 0.961. The third-order valence-corrected chi connectivity index (χ3v) is 4.27. The second-order valence-corrected chi connectivity index (χ2v) is 6.26. The Kier molecular flexibility index (Phi) is 1.96. The molecule has 0 radical (unpaired) electrons. The van der Waals surface area contributed by atoms with Crippen LogP contribution in [0.15, 0.2) is 12.1 Å². The van der Waals surface area contributed by atoms with Crippen molar-refractivity contribution in [2.45, 2.75) is 52.0 Å². The van der Waals surface area contributed by atoms with Crippen molar-refractivity contribution < 1.29 is 33.8 Å². The van der Waals surface area contributed by atoms with Crippen molar-refractivity contribution in [3.8, 4) is 11.5 Å². The summed E-state index contributed by atoms with van der Waals surface area (Å²) in [6, 6.07) is 0.614. The van der Waals surface area contributed by atoms with Crippen LogP contribution in [0.5, 0.6) is 11.5 Å². The monoisotopic (exact) mass is 347 g/mol. The van der Waals surface area contributed by atoms with Gasteiger partial charge in [-0.05, 0) is 53.8 Å². The first kappa shape index (κ1) is 7.16. The molecule has 0 spiro atoms. The highest BCUT2D eigenvalue weighted by Gasteiger charge is 2.39. The molecule has 0 amide bonds. The lowest BCUT2D eigenvalue weighted by Crippen LogP contribution is -2.48. The second kappa shape index (κ2) is 6.57. The van der Waals surface area contributed by atoms with Crippen LogP contribution in [-0.2, 0) is 6.42 Å². The van der Waals surface area contributed by atoms with Crippen molar-refractivity contribution in [1.82, 2.24) is 4.90 Å². The minimum atomic E-state index is -3.40. The highest BCUT2D eigenvalue weighted by molar-refractivity contribution is 5.49. The molecule has 0 saturated carbocycles. The zero-order valence-corrected chi connectivity index (χ0v) is 13.6. The first-order chi connectivity index (χ1) is 16.9. The maximum atomic E-state index is 11.2. The van der Waals surface area contributed by atoms with E-state index in [0.29, 0.717) is 12.5 Å². The normalized spacial score (nSPS) is 43.3. The molecule has 1 aromatic rings. The molecule has 1 aromatic carbocycles. The molecular formula is C20H31NO3. The standard InChI is InChI=1S/C20H31NO3/c1-20(2,3)11-14-12-21-7-6-13-8-18(23-4)19(24-5)9-15(13)16(21)10-17(14)22/h8-9,14,16-17,22H,6-7,10-12H2,1-5H3/i1D3,2D3,5D3,11D2,12D2,16D. The molecule has 24 heavy (non-hydrogen) atoms. The van der Waals surface area contributed by atoms with E-state index in [2.05, 4.69) is 0 Å². The largest absolute Gasteiger partial charge is 0.493 e. The van der Waals surface area contributed by atoms with E-state index < -0.39 is 63.5 Å². The van der Waals surface area contributed by atoms with E-state index in [0.717, 1.165) is 4.90 Å². The van der Waals surface area contributed by atoms with Gasteiger partial charge in [0, 0.05) is 32.8 Å². The Labute approximate surface area is 165 Å². The van der Waals surface area contributed by atoms with Crippen molar-refractivity contribution >= 4 is 0 Å². The molecule has 0 aromatic heterocycles. The molecule has 1 fully saturated rings. The summed E-state index contributed by atoms with van der Waals surface area (Å²) in [5.74, 6) is -2.35. The maximum Gasteiger partial charge on any atom is 0.161 e. The first-order valence-corrected chi connectivity index (χ1v) is 7.72. The summed E-state index contributed by atoms with van der Waals surface area (Å²) in [6.45, 7) is -9.17. The van der Waals surface area contributed by atoms with Gasteiger partial charge in [-0.1, -0.05) is 20.6 Å². The molecule has 4 heteroatoms. The minimum Gasteiger partial charge on any atom is -0.493 e. The predicted octanol–water partition coefficient (Wildman–Crippen LogP) is 3.42. The number of hydrogen-bond donors (Lipinski definition) is 1. The van der Waals surface area contributed by atoms with Gasteiger partial charge in [0.15, 0.2) is 11.5 Å². The molecule has 3 unspecified atom stereocenters. The summed E-state index contributed by atoms with van der Waals surface area (Å²) in [5, 5.41) is 11.2. The zero-order valence-electron chi connectivity index (χ0n) is 27.6. The van der Waals surface area contributed by atoms with E-state index in [1.807, 2.05) is 0 Å². The number of aliphatic hydroxyl groups is 1. The Morgan fingerprint density at radius 3 is 2.96 bits per heavy atom. The van der Waals surface area contributed by atoms with Crippen LogP contribution < -0.4 is 9.47 Å². The van der Waals surface area contributed by atoms with Crippen LogP contribution in [-0.4, -0.2) is 43.3 Å². The number of benzene rings is 1. The fourth-order valence-electron chi connectivity index (χ4n) is 3.20. The summed E-state index contributed by atoms with van der Waals surface area (Å²) < 4.78 is 124. The van der Waals surface area contributed by atoms with Gasteiger partial charge in [-0.25, -0.2) is 0 Å². The van der Waals surface area contributed by atoms with Crippen LogP contribution in [0.3, 0.4) is 0 Å². The molecule has 3 atom stereocenters. The van der Waals surface area contributed by atoms with Crippen molar-refractivity contribution in [3.05, 3.63) is 23.3 Å². The Bertz CT molecular complexity index is 1050. The molecular weight excluding hydrogens is 302 g/mol. The minimum absolute atomic E-state index is 0.0663. The molecule has 2 aliphatic heterocycles. The highest BCUT2D eigenvalue weighted by atomic mass is 16.5. The smallest absolute Gasteiger partial charge is 0.161 e. The number of nitrogens with zero attached hydrogens (tertiary/aromatic N) is 1. The van der Waals surface area contributed by atoms with Crippen molar-refractivity contribution in [2.24, 2.45) is 11.3 Å². The summed E-state index contributed by atoms with van der Waals surface area (Å²) in [6.07, 6.45) is -5.80. The van der Waals surface area contributed by atoms with Gasteiger partial charge in [0.05, 0.1) is 25.7 Å². The Morgan fingerprint density at radius 2 is 2.25 bits per heavy atom. The fraction of sp³-hybridized carbons (Fsp3) is 0.700. The van der Waals surface area contributed by atoms with Crippen molar-refractivity contribution in [1.29, 1.82) is 0 Å². The highest BCUT2D eigenvalue weighted by Crippen LogP contribution is 2.44. The summed E-state index contributed by atoms with van der Waals surface area (Å²) in [5.41, 5.74) is -2.49. The molecule has 2 heterocycles. The van der Waals surface area contributed by atoms with Gasteiger partial charge in [-0.2, -0.15) is 0 Å². The molecule has 0 aliphatic carbocycles. The van der Waals surface area contributed by atoms with Crippen LogP contribution in [0, 0.1) is 11.3 Å². The first-order valence-electron chi connectivity index (χ1n) is 14.7. The van der Waals surface area contributed by atoms with E-state index in [4.69, 9.17) is 27.3 Å². The average Bonchev–Trinajstić information content (AvgIpc) is 2.68. The fourth-order valence-corrected chi connectivity index (χ4v) is 3.20. The lowest BCUT2D eigenvalue weighted by Gasteiger charge is -2.47. The summed E-state index contributed by atoms with van der Waals surface area (Å²) in [7, 11) is -1.58. The number of ether oxygens (including phenoxy) is 2. The van der Waals surface area contributed by atoms with E-state index in [1.54, 1.807) is 0 Å². The van der Waals surface area contributed by atoms with E-state index in [1.165, 1.54) is 19.2 Å². The van der Waals surface area contributed by atoms with Crippen LogP contribution in [0.2, 0.25) is 0 Å². The van der Waals surface area contributed by atoms with Crippen LogP contribution in [0.1, 0.15) is 69.8 Å². The lowest BCUT2D eigenvalue weighted by molar-refractivity contribution is -0.0259. The molecule has 2 aliphatic rings. The number of methoxy groups -OCH3 is 2. The Hall–Kier alpha value is -1.26. The maximum absolute atomic E-state index is 11.2. The molecule has 134 valence electrons. The SMILES string of the molecule is [2H]C([2H])([2H])Oc1cc2c(cc1OC)CCN1C2([2H])CC(O)C(C([2H])([2H])C(C)(C([2H])([2H])[2H])C([2H])([2H])[2H])C1([2H])[2H]. The van der Waals surface area contributed by atoms with Gasteiger partial charge in [-0.15, -0.1) is 0 Å². The topological polar surface area (TPSA) is 41.9 Å². The number of hydrogen-bond acceptors (Lipinski definition) is 4. The van der Waals surface area contributed by atoms with Gasteiger partial charge >= 0.3 is 0 Å². The van der Waals surface area contributed by atoms with E-state index in [-0.39, 0.29) is 30.0 Å². The van der Waals surface area contributed by atoms with Crippen molar-refractivity contribution in [2.75, 3.05) is 27.2 Å². The lowest BCUT2D eigenvalue weighted by atomic mass is 9.75. The second-order valence-electron chi connectivity index (χ2n) is 6.26. The van der Waals surface area contributed by atoms with Gasteiger partial charge in [0.2, 0.25) is 0 Å². The van der Waals surface area contributed by atoms with Crippen LogP contribution in [0.25, 0.3) is 0 Å². The number of aliphatic hydroxyl groups excluding tert-OH is 1. The molecule has 4 nitrogen and oxygen atoms in total. The predicted molar refractivity (Wildman–Crippen MR) is 95.7 cm³/mol.